The number of unbranched alkanes of at least 4 members (excludes halogenated alkanes) is 1. The van der Waals surface area contributed by atoms with Crippen molar-refractivity contribution in [1.82, 2.24) is 14.5 Å². The Hall–Kier alpha value is -3.40. The van der Waals surface area contributed by atoms with Crippen molar-refractivity contribution >= 4 is 50.9 Å². The number of sulfonamides is 1. The van der Waals surface area contributed by atoms with Crippen molar-refractivity contribution < 1.29 is 22.8 Å². The number of nitrogens with one attached hydrogen (secondary N) is 1. The van der Waals surface area contributed by atoms with Crippen molar-refractivity contribution in [3.05, 3.63) is 99.5 Å². The average molecular weight is 617 g/mol. The lowest BCUT2D eigenvalue weighted by atomic mass is 10.0. The number of halogens is 2. The summed E-state index contributed by atoms with van der Waals surface area (Å²) in [5.41, 5.74) is 1.49. The molecule has 0 aromatic heterocycles. The zero-order valence-electron chi connectivity index (χ0n) is 22.6. The minimum Gasteiger partial charge on any atom is -0.354 e. The van der Waals surface area contributed by atoms with Crippen LogP contribution in [0.5, 0.6) is 0 Å². The summed E-state index contributed by atoms with van der Waals surface area (Å²) in [4.78, 5) is 41.7. The highest BCUT2D eigenvalue weighted by Gasteiger charge is 2.41. The predicted molar refractivity (Wildman–Crippen MR) is 158 cm³/mol. The zero-order valence-corrected chi connectivity index (χ0v) is 24.9. The first kappa shape index (κ1) is 30.6. The maximum Gasteiger partial charge on any atom is 0.269 e. The molecule has 1 N–H and O–H groups in total. The molecule has 41 heavy (non-hydrogen) atoms. The van der Waals surface area contributed by atoms with Crippen molar-refractivity contribution in [2.45, 2.75) is 50.1 Å². The summed E-state index contributed by atoms with van der Waals surface area (Å²) in [5.74, 6) is -1.52. The highest BCUT2D eigenvalue weighted by atomic mass is 35.5. The molecule has 0 saturated heterocycles. The van der Waals surface area contributed by atoms with Gasteiger partial charge >= 0.3 is 0 Å². The lowest BCUT2D eigenvalue weighted by molar-refractivity contribution is -0.141. The molecule has 0 spiro atoms. The molecule has 8 nitrogen and oxygen atoms in total. The largest absolute Gasteiger partial charge is 0.354 e. The molecule has 216 valence electrons. The van der Waals surface area contributed by atoms with Crippen LogP contribution in [0.25, 0.3) is 0 Å². The van der Waals surface area contributed by atoms with Gasteiger partial charge in [-0.25, -0.2) is 12.7 Å². The number of carbonyl (C=O) groups is 3. The standard InChI is InChI=1S/C30H31Cl2N3O5S/c1-2-3-16-33-29(37)26(18-21-9-5-4-6-10-21)34(20-22-13-14-23(31)19-25(22)32)28(36)15-17-35-30(38)24-11-7-8-12-27(24)41(35,39)40/h4-14,19,26H,2-3,15-18,20H2,1H3,(H,33,37). The fourth-order valence-electron chi connectivity index (χ4n) is 4.69. The van der Waals surface area contributed by atoms with Gasteiger partial charge in [-0.2, -0.15) is 0 Å². The molecule has 3 aromatic carbocycles. The Balaban J connectivity index is 1.64. The van der Waals surface area contributed by atoms with Crippen molar-refractivity contribution in [3.63, 3.8) is 0 Å². The van der Waals surface area contributed by atoms with E-state index in [2.05, 4.69) is 5.32 Å². The van der Waals surface area contributed by atoms with Gasteiger partial charge < -0.3 is 10.2 Å². The third-order valence-electron chi connectivity index (χ3n) is 6.90. The third kappa shape index (κ3) is 7.09. The second kappa shape index (κ2) is 13.5. The van der Waals surface area contributed by atoms with Crippen molar-refractivity contribution in [2.24, 2.45) is 0 Å². The Morgan fingerprint density at radius 2 is 1.71 bits per heavy atom. The highest BCUT2D eigenvalue weighted by molar-refractivity contribution is 7.90. The van der Waals surface area contributed by atoms with Crippen LogP contribution in [-0.2, 0) is 32.6 Å². The Labute approximate surface area is 250 Å². The Morgan fingerprint density at radius 3 is 2.39 bits per heavy atom. The number of carbonyl (C=O) groups excluding carboxylic acids is 3. The first-order valence-electron chi connectivity index (χ1n) is 13.3. The maximum atomic E-state index is 13.9. The number of fused-ring (bicyclic) bond motifs is 1. The fourth-order valence-corrected chi connectivity index (χ4v) is 6.72. The van der Waals surface area contributed by atoms with Crippen LogP contribution in [-0.4, -0.2) is 54.5 Å². The van der Waals surface area contributed by atoms with Gasteiger partial charge in [-0.15, -0.1) is 0 Å². The SMILES string of the molecule is CCCCNC(=O)C(Cc1ccccc1)N(Cc1ccc(Cl)cc1Cl)C(=O)CCN1C(=O)c2ccccc2S1(=O)=O. The van der Waals surface area contributed by atoms with Crippen LogP contribution in [0.1, 0.15) is 47.7 Å². The molecule has 1 atom stereocenters. The van der Waals surface area contributed by atoms with Crippen LogP contribution in [0.15, 0.2) is 77.7 Å². The van der Waals surface area contributed by atoms with Crippen LogP contribution in [0.2, 0.25) is 10.0 Å². The monoisotopic (exact) mass is 615 g/mol. The van der Waals surface area contributed by atoms with Gasteiger partial charge in [-0.05, 0) is 41.8 Å². The van der Waals surface area contributed by atoms with E-state index in [1.807, 2.05) is 37.3 Å². The molecule has 1 heterocycles. The molecule has 0 saturated carbocycles. The molecule has 3 amide bonds. The maximum absolute atomic E-state index is 13.9. The molecule has 11 heteroatoms. The average Bonchev–Trinajstić information content (AvgIpc) is 3.15. The minimum atomic E-state index is -4.09. The normalized spacial score (nSPS) is 14.4. The number of nitrogens with zero attached hydrogens (tertiary/aromatic N) is 2. The van der Waals surface area contributed by atoms with Crippen LogP contribution in [0.4, 0.5) is 0 Å². The second-order valence-corrected chi connectivity index (χ2v) is 12.4. The number of hydrogen-bond acceptors (Lipinski definition) is 5. The van der Waals surface area contributed by atoms with E-state index in [0.29, 0.717) is 22.2 Å². The van der Waals surface area contributed by atoms with E-state index in [0.717, 1.165) is 22.7 Å². The lowest BCUT2D eigenvalue weighted by Gasteiger charge is -2.32. The van der Waals surface area contributed by atoms with E-state index < -0.39 is 27.9 Å². The molecule has 0 bridgehead atoms. The third-order valence-corrected chi connectivity index (χ3v) is 9.32. The lowest BCUT2D eigenvalue weighted by Crippen LogP contribution is -2.51. The van der Waals surface area contributed by atoms with Gasteiger partial charge in [0.1, 0.15) is 10.9 Å². The summed E-state index contributed by atoms with van der Waals surface area (Å²) in [6.45, 7) is 2.07. The van der Waals surface area contributed by atoms with Gasteiger partial charge in [0, 0.05) is 42.5 Å². The molecule has 1 aliphatic heterocycles. The Bertz CT molecular complexity index is 1530. The fraction of sp³-hybridized carbons (Fsp3) is 0.300. The first-order valence-corrected chi connectivity index (χ1v) is 15.5. The predicted octanol–water partition coefficient (Wildman–Crippen LogP) is 5.08. The quantitative estimate of drug-likeness (QED) is 0.286. The summed E-state index contributed by atoms with van der Waals surface area (Å²) in [6, 6.07) is 19.2. The van der Waals surface area contributed by atoms with Crippen molar-refractivity contribution in [3.8, 4) is 0 Å². The van der Waals surface area contributed by atoms with Gasteiger partial charge in [0.15, 0.2) is 0 Å². The molecule has 0 aliphatic carbocycles. The highest BCUT2D eigenvalue weighted by Crippen LogP contribution is 2.30. The summed E-state index contributed by atoms with van der Waals surface area (Å²) >= 11 is 12.5. The molecule has 1 aliphatic rings. The molecule has 0 radical (unpaired) electrons. The van der Waals surface area contributed by atoms with E-state index in [1.54, 1.807) is 30.3 Å². The van der Waals surface area contributed by atoms with Crippen LogP contribution in [0, 0.1) is 0 Å². The van der Waals surface area contributed by atoms with Gasteiger partial charge in [0.05, 0.1) is 5.56 Å². The number of benzene rings is 3. The second-order valence-electron chi connectivity index (χ2n) is 9.74. The molecule has 4 rings (SSSR count). The molecule has 0 fully saturated rings. The van der Waals surface area contributed by atoms with Gasteiger partial charge in [0.2, 0.25) is 11.8 Å². The minimum absolute atomic E-state index is 0.0194. The first-order chi connectivity index (χ1) is 19.6. The van der Waals surface area contributed by atoms with E-state index in [4.69, 9.17) is 23.2 Å². The molecule has 3 aromatic rings. The summed E-state index contributed by atoms with van der Waals surface area (Å²) in [7, 11) is -4.09. The van der Waals surface area contributed by atoms with Gasteiger partial charge in [-0.3, -0.25) is 14.4 Å². The zero-order chi connectivity index (χ0) is 29.6. The summed E-state index contributed by atoms with van der Waals surface area (Å²) in [5, 5.41) is 3.68. The Morgan fingerprint density at radius 1 is 1.00 bits per heavy atom. The molecular weight excluding hydrogens is 585 g/mol. The van der Waals surface area contributed by atoms with E-state index in [9.17, 15) is 22.8 Å². The number of hydrogen-bond donors (Lipinski definition) is 1. The van der Waals surface area contributed by atoms with Crippen LogP contribution >= 0.6 is 23.2 Å². The summed E-state index contributed by atoms with van der Waals surface area (Å²) in [6.07, 6.45) is 1.56. The smallest absolute Gasteiger partial charge is 0.269 e. The van der Waals surface area contributed by atoms with E-state index >= 15 is 0 Å². The van der Waals surface area contributed by atoms with E-state index in [1.165, 1.54) is 17.0 Å². The van der Waals surface area contributed by atoms with Crippen LogP contribution < -0.4 is 5.32 Å². The molecule has 1 unspecified atom stereocenters. The van der Waals surface area contributed by atoms with Gasteiger partial charge in [0.25, 0.3) is 15.9 Å². The topological polar surface area (TPSA) is 104 Å². The van der Waals surface area contributed by atoms with Crippen molar-refractivity contribution in [1.29, 1.82) is 0 Å². The van der Waals surface area contributed by atoms with Gasteiger partial charge in [-0.1, -0.05) is 85.1 Å². The van der Waals surface area contributed by atoms with E-state index in [-0.39, 0.29) is 42.3 Å². The summed E-state index contributed by atoms with van der Waals surface area (Å²) < 4.78 is 26.8. The number of amides is 3. The molecular formula is C30H31Cl2N3O5S. The number of rotatable bonds is 12. The van der Waals surface area contributed by atoms with Crippen LogP contribution in [0.3, 0.4) is 0 Å². The van der Waals surface area contributed by atoms with Crippen molar-refractivity contribution in [2.75, 3.05) is 13.1 Å². The Kier molecular flexibility index (Phi) is 10.1.